The summed E-state index contributed by atoms with van der Waals surface area (Å²) in [5, 5.41) is 0. The van der Waals surface area contributed by atoms with Gasteiger partial charge in [0.1, 0.15) is 11.9 Å². The molecule has 0 saturated heterocycles. The van der Waals surface area contributed by atoms with Gasteiger partial charge in [-0.2, -0.15) is 0 Å². The molecule has 0 unspecified atom stereocenters. The second-order valence-corrected chi connectivity index (χ2v) is 3.02. The van der Waals surface area contributed by atoms with Crippen LogP contribution in [0.4, 0.5) is 0 Å². The van der Waals surface area contributed by atoms with Crippen LogP contribution >= 0.6 is 0 Å². The summed E-state index contributed by atoms with van der Waals surface area (Å²) in [6.45, 7) is 0.820. The van der Waals surface area contributed by atoms with Crippen LogP contribution in [0.1, 0.15) is 5.56 Å². The fraction of sp³-hybridized carbons (Fsp3) is 0.182. The lowest BCUT2D eigenvalue weighted by Crippen LogP contribution is -1.95. The van der Waals surface area contributed by atoms with Crippen LogP contribution in [-0.4, -0.2) is 16.7 Å². The van der Waals surface area contributed by atoms with E-state index in [4.69, 9.17) is 4.74 Å². The van der Waals surface area contributed by atoms with Crippen molar-refractivity contribution in [2.45, 2.75) is 6.54 Å². The van der Waals surface area contributed by atoms with Crippen molar-refractivity contribution in [1.82, 2.24) is 9.55 Å². The smallest absolute Gasteiger partial charge is 0.118 e. The molecule has 14 heavy (non-hydrogen) atoms. The third-order valence-electron chi connectivity index (χ3n) is 2.03. The Bertz CT molecular complexity index is 378. The van der Waals surface area contributed by atoms with Gasteiger partial charge in [-0.15, -0.1) is 0 Å². The highest BCUT2D eigenvalue weighted by molar-refractivity contribution is 5.27. The third kappa shape index (κ3) is 1.93. The monoisotopic (exact) mass is 187 g/mol. The normalized spacial score (nSPS) is 10.1. The molecular weight excluding hydrogens is 176 g/mol. The molecule has 0 amide bonds. The maximum absolute atomic E-state index is 5.08. The lowest BCUT2D eigenvalue weighted by molar-refractivity contribution is 0.414. The number of rotatable bonds is 3. The molecule has 71 valence electrons. The highest BCUT2D eigenvalue weighted by Gasteiger charge is 1.95. The molecule has 0 spiro atoms. The standard InChI is InChI=1S/C11H11N2O/c1-14-11-4-2-10(3-5-11)8-13-7-6-12-9-13/h2-5,7,9H,8H2,1H3. The molecule has 0 atom stereocenters. The Balaban J connectivity index is 2.10. The van der Waals surface area contributed by atoms with Gasteiger partial charge in [0, 0.05) is 12.7 Å². The largest absolute Gasteiger partial charge is 0.497 e. The van der Waals surface area contributed by atoms with Crippen molar-refractivity contribution in [2.24, 2.45) is 0 Å². The van der Waals surface area contributed by atoms with Gasteiger partial charge in [0.05, 0.1) is 13.4 Å². The summed E-state index contributed by atoms with van der Waals surface area (Å²) < 4.78 is 7.05. The Morgan fingerprint density at radius 2 is 2.14 bits per heavy atom. The molecule has 0 aliphatic rings. The predicted octanol–water partition coefficient (Wildman–Crippen LogP) is 1.74. The van der Waals surface area contributed by atoms with Gasteiger partial charge in [0.2, 0.25) is 0 Å². The molecule has 1 aromatic heterocycles. The molecule has 1 radical (unpaired) electrons. The van der Waals surface area contributed by atoms with E-state index in [2.05, 4.69) is 11.2 Å². The van der Waals surface area contributed by atoms with Crippen LogP contribution in [0.2, 0.25) is 0 Å². The van der Waals surface area contributed by atoms with E-state index in [0.717, 1.165) is 12.3 Å². The number of nitrogens with zero attached hydrogens (tertiary/aromatic N) is 2. The van der Waals surface area contributed by atoms with Gasteiger partial charge >= 0.3 is 0 Å². The lowest BCUT2D eigenvalue weighted by Gasteiger charge is -2.03. The fourth-order valence-corrected chi connectivity index (χ4v) is 1.28. The number of imidazole rings is 1. The van der Waals surface area contributed by atoms with Gasteiger partial charge in [-0.3, -0.25) is 0 Å². The Morgan fingerprint density at radius 3 is 2.71 bits per heavy atom. The number of hydrogen-bond acceptors (Lipinski definition) is 2. The quantitative estimate of drug-likeness (QED) is 0.731. The number of hydrogen-bond donors (Lipinski definition) is 0. The number of aromatic nitrogens is 2. The predicted molar refractivity (Wildman–Crippen MR) is 53.2 cm³/mol. The summed E-state index contributed by atoms with van der Waals surface area (Å²) in [6.07, 6.45) is 6.34. The van der Waals surface area contributed by atoms with Gasteiger partial charge < -0.3 is 9.30 Å². The average molecular weight is 187 g/mol. The molecule has 0 saturated carbocycles. The van der Waals surface area contributed by atoms with Crippen LogP contribution in [-0.2, 0) is 6.54 Å². The van der Waals surface area contributed by atoms with E-state index < -0.39 is 0 Å². The lowest BCUT2D eigenvalue weighted by atomic mass is 10.2. The Labute approximate surface area is 83.0 Å². The SMILES string of the molecule is COc1ccc(Cn2c[c]nc2)cc1. The van der Waals surface area contributed by atoms with Gasteiger partial charge in [-0.1, -0.05) is 12.1 Å². The summed E-state index contributed by atoms with van der Waals surface area (Å²) in [6, 6.07) is 7.99. The van der Waals surface area contributed by atoms with Gasteiger partial charge in [0.15, 0.2) is 0 Å². The maximum atomic E-state index is 5.08. The maximum Gasteiger partial charge on any atom is 0.118 e. The van der Waals surface area contributed by atoms with Crippen LogP contribution in [0.5, 0.6) is 5.75 Å². The van der Waals surface area contributed by atoms with E-state index in [1.54, 1.807) is 13.4 Å². The van der Waals surface area contributed by atoms with Crippen LogP contribution < -0.4 is 4.74 Å². The molecule has 0 bridgehead atoms. The van der Waals surface area contributed by atoms with Gasteiger partial charge in [-0.25, -0.2) is 4.98 Å². The van der Waals surface area contributed by atoms with Crippen molar-refractivity contribution in [3.8, 4) is 5.75 Å². The third-order valence-corrected chi connectivity index (χ3v) is 2.03. The fourth-order valence-electron chi connectivity index (χ4n) is 1.28. The first kappa shape index (κ1) is 8.81. The summed E-state index contributed by atoms with van der Waals surface area (Å²) in [7, 11) is 1.67. The van der Waals surface area contributed by atoms with Crippen LogP contribution in [0.15, 0.2) is 36.8 Å². The second-order valence-electron chi connectivity index (χ2n) is 3.02. The minimum Gasteiger partial charge on any atom is -0.497 e. The number of methoxy groups -OCH3 is 1. The van der Waals surface area contributed by atoms with Crippen LogP contribution in [0.3, 0.4) is 0 Å². The van der Waals surface area contributed by atoms with E-state index in [0.29, 0.717) is 0 Å². The van der Waals surface area contributed by atoms with E-state index in [1.807, 2.05) is 35.0 Å². The molecule has 1 aromatic carbocycles. The van der Waals surface area contributed by atoms with E-state index >= 15 is 0 Å². The van der Waals surface area contributed by atoms with Gasteiger partial charge in [0.25, 0.3) is 0 Å². The minimum atomic E-state index is 0.820. The van der Waals surface area contributed by atoms with E-state index in [1.165, 1.54) is 5.56 Å². The first-order chi connectivity index (χ1) is 6.88. The molecule has 0 fully saturated rings. The zero-order chi connectivity index (χ0) is 9.80. The highest BCUT2D eigenvalue weighted by Crippen LogP contribution is 2.11. The Hall–Kier alpha value is -1.77. The molecule has 2 aromatic rings. The van der Waals surface area contributed by atoms with Crippen LogP contribution in [0, 0.1) is 6.20 Å². The molecule has 0 aliphatic carbocycles. The summed E-state index contributed by atoms with van der Waals surface area (Å²) >= 11 is 0. The van der Waals surface area contributed by atoms with Crippen LogP contribution in [0.25, 0.3) is 0 Å². The molecule has 0 aliphatic heterocycles. The zero-order valence-electron chi connectivity index (χ0n) is 7.97. The molecular formula is C11H11N2O. The van der Waals surface area contributed by atoms with Crippen molar-refractivity contribution in [2.75, 3.05) is 7.11 Å². The van der Waals surface area contributed by atoms with Crippen molar-refractivity contribution < 1.29 is 4.74 Å². The molecule has 2 rings (SSSR count). The van der Waals surface area contributed by atoms with Crippen molar-refractivity contribution >= 4 is 0 Å². The van der Waals surface area contributed by atoms with E-state index in [9.17, 15) is 0 Å². The average Bonchev–Trinajstić information content (AvgIpc) is 2.72. The molecule has 0 N–H and O–H groups in total. The zero-order valence-corrected chi connectivity index (χ0v) is 7.97. The molecule has 3 nitrogen and oxygen atoms in total. The van der Waals surface area contributed by atoms with Crippen molar-refractivity contribution in [3.63, 3.8) is 0 Å². The Morgan fingerprint density at radius 1 is 1.36 bits per heavy atom. The summed E-state index contributed by atoms with van der Waals surface area (Å²) in [5.41, 5.74) is 1.22. The summed E-state index contributed by atoms with van der Waals surface area (Å²) in [5.74, 6) is 0.881. The molecule has 1 heterocycles. The molecule has 3 heteroatoms. The number of benzene rings is 1. The minimum absolute atomic E-state index is 0.820. The van der Waals surface area contributed by atoms with Crippen molar-refractivity contribution in [3.05, 3.63) is 48.5 Å². The topological polar surface area (TPSA) is 27.1 Å². The van der Waals surface area contributed by atoms with Gasteiger partial charge in [-0.05, 0) is 17.7 Å². The first-order valence-corrected chi connectivity index (χ1v) is 4.39. The Kier molecular flexibility index (Phi) is 2.49. The van der Waals surface area contributed by atoms with E-state index in [-0.39, 0.29) is 0 Å². The summed E-state index contributed by atoms with van der Waals surface area (Å²) in [4.78, 5) is 3.87. The number of ether oxygens (including phenoxy) is 1. The van der Waals surface area contributed by atoms with Crippen molar-refractivity contribution in [1.29, 1.82) is 0 Å². The first-order valence-electron chi connectivity index (χ1n) is 4.39. The highest BCUT2D eigenvalue weighted by atomic mass is 16.5. The second kappa shape index (κ2) is 3.96.